The second-order valence-electron chi connectivity index (χ2n) is 16.9. The Bertz CT molecular complexity index is 2770. The summed E-state index contributed by atoms with van der Waals surface area (Å²) in [6.45, 7) is 6.35. The van der Waals surface area contributed by atoms with Gasteiger partial charge in [-0.05, 0) is 82.9 Å². The van der Waals surface area contributed by atoms with Crippen LogP contribution in [0.25, 0.3) is 33.8 Å². The highest BCUT2D eigenvalue weighted by Crippen LogP contribution is 2.46. The van der Waals surface area contributed by atoms with Gasteiger partial charge >= 0.3 is 12.3 Å². The first kappa shape index (κ1) is 49.9. The lowest BCUT2D eigenvalue weighted by atomic mass is 9.96. The number of anilines is 1. The molecule has 2 aromatic carbocycles. The summed E-state index contributed by atoms with van der Waals surface area (Å²) in [5.74, 6) is -7.14. The molecule has 2 amide bonds. The SMILES string of the molecule is CS(=O)C(C)(C)C.Cc1ccc(-c2ccc3c4c(nn(CC(F)(F)F)c24)N(C(=O)OCCN)S(=O)C3)c(/C(=C/c2cc(F)cc(F)c2)NC(=O)Cn2nc(C(C)(F)F)c3c2C(C)(F)CC3)n1. The molecular formula is C43H46F8N8O5S2. The number of halogens is 8. The van der Waals surface area contributed by atoms with Gasteiger partial charge in [0, 0.05) is 63.7 Å². The molecule has 13 nitrogen and oxygen atoms in total. The third-order valence-electron chi connectivity index (χ3n) is 10.5. The van der Waals surface area contributed by atoms with Crippen molar-refractivity contribution in [3.05, 3.63) is 93.6 Å². The number of nitrogens with one attached hydrogen (secondary N) is 1. The summed E-state index contributed by atoms with van der Waals surface area (Å²) in [6.07, 6.45) is -3.36. The highest BCUT2D eigenvalue weighted by molar-refractivity contribution is 7.86. The van der Waals surface area contributed by atoms with Crippen LogP contribution in [0, 0.1) is 18.6 Å². The molecule has 3 unspecified atom stereocenters. The van der Waals surface area contributed by atoms with Crippen molar-refractivity contribution >= 4 is 62.3 Å². The second-order valence-corrected chi connectivity index (χ2v) is 20.3. The number of pyridine rings is 1. The number of ether oxygens (including phenoxy) is 1. The van der Waals surface area contributed by atoms with Crippen LogP contribution in [0.1, 0.15) is 80.5 Å². The number of amides is 2. The Morgan fingerprint density at radius 2 is 1.64 bits per heavy atom. The van der Waals surface area contributed by atoms with Crippen LogP contribution in [-0.4, -0.2) is 75.3 Å². The average Bonchev–Trinajstić information content (AvgIpc) is 3.84. The zero-order valence-corrected chi connectivity index (χ0v) is 38.3. The van der Waals surface area contributed by atoms with E-state index in [0.29, 0.717) is 27.7 Å². The summed E-state index contributed by atoms with van der Waals surface area (Å²) in [5, 5.41) is 10.6. The number of rotatable bonds is 10. The average molecular weight is 971 g/mol. The number of hydrogen-bond acceptors (Lipinski definition) is 9. The van der Waals surface area contributed by atoms with Crippen LogP contribution < -0.4 is 15.4 Å². The molecule has 0 radical (unpaired) electrons. The van der Waals surface area contributed by atoms with Crippen molar-refractivity contribution in [3.63, 3.8) is 0 Å². The summed E-state index contributed by atoms with van der Waals surface area (Å²) >= 11 is 0. The first-order chi connectivity index (χ1) is 30.6. The Morgan fingerprint density at radius 3 is 2.23 bits per heavy atom. The van der Waals surface area contributed by atoms with Crippen LogP contribution in [0.4, 0.5) is 45.7 Å². The summed E-state index contributed by atoms with van der Waals surface area (Å²) in [7, 11) is -2.84. The third-order valence-corrected chi connectivity index (χ3v) is 13.5. The van der Waals surface area contributed by atoms with Crippen LogP contribution in [-0.2, 0) is 68.2 Å². The maximum Gasteiger partial charge on any atom is 0.427 e. The number of hydrogen-bond donors (Lipinski definition) is 2. The minimum Gasteiger partial charge on any atom is -0.447 e. The lowest BCUT2D eigenvalue weighted by Crippen LogP contribution is -2.37. The van der Waals surface area contributed by atoms with E-state index < -0.39 is 87.8 Å². The molecular weight excluding hydrogens is 925 g/mol. The van der Waals surface area contributed by atoms with E-state index in [1.165, 1.54) is 31.2 Å². The molecule has 0 saturated heterocycles. The fourth-order valence-electron chi connectivity index (χ4n) is 7.36. The topological polar surface area (TPSA) is 167 Å². The molecule has 7 rings (SSSR count). The highest BCUT2D eigenvalue weighted by Gasteiger charge is 2.45. The van der Waals surface area contributed by atoms with Crippen molar-refractivity contribution in [1.82, 2.24) is 29.9 Å². The summed E-state index contributed by atoms with van der Waals surface area (Å²) in [5.41, 5.74) is 2.34. The van der Waals surface area contributed by atoms with E-state index in [1.807, 2.05) is 20.8 Å². The predicted octanol–water partition coefficient (Wildman–Crippen LogP) is 8.24. The molecule has 3 atom stereocenters. The lowest BCUT2D eigenvalue weighted by Gasteiger charge is -2.24. The molecule has 2 aliphatic rings. The van der Waals surface area contributed by atoms with E-state index in [0.717, 1.165) is 22.9 Å². The Morgan fingerprint density at radius 1 is 1.00 bits per heavy atom. The fraction of sp³-hybridized carbons (Fsp3) is 0.419. The monoisotopic (exact) mass is 970 g/mol. The van der Waals surface area contributed by atoms with Crippen LogP contribution in [0.15, 0.2) is 42.5 Å². The van der Waals surface area contributed by atoms with Gasteiger partial charge in [-0.15, -0.1) is 0 Å². The van der Waals surface area contributed by atoms with Gasteiger partial charge in [0.2, 0.25) is 5.91 Å². The number of alkyl halides is 6. The fourth-order valence-corrected chi connectivity index (χ4v) is 8.53. The number of fused-ring (bicyclic) bond motifs is 1. The number of carbonyl (C=O) groups is 2. The molecule has 0 spiro atoms. The first-order valence-electron chi connectivity index (χ1n) is 20.2. The van der Waals surface area contributed by atoms with Gasteiger partial charge in [0.1, 0.15) is 53.7 Å². The molecule has 356 valence electrons. The summed E-state index contributed by atoms with van der Waals surface area (Å²) < 4.78 is 147. The number of aryl methyl sites for hydroxylation is 1. The van der Waals surface area contributed by atoms with Gasteiger partial charge in [-0.2, -0.15) is 36.5 Å². The number of benzene rings is 2. The molecule has 4 heterocycles. The number of nitrogens with zero attached hydrogens (tertiary/aromatic N) is 6. The van der Waals surface area contributed by atoms with E-state index in [4.69, 9.17) is 10.5 Å². The van der Waals surface area contributed by atoms with E-state index in [-0.39, 0.29) is 92.3 Å². The predicted molar refractivity (Wildman–Crippen MR) is 233 cm³/mol. The molecule has 1 aliphatic carbocycles. The van der Waals surface area contributed by atoms with Gasteiger partial charge < -0.3 is 15.8 Å². The second kappa shape index (κ2) is 18.6. The smallest absolute Gasteiger partial charge is 0.427 e. The molecule has 23 heteroatoms. The van der Waals surface area contributed by atoms with Gasteiger partial charge in [0.15, 0.2) is 5.82 Å². The van der Waals surface area contributed by atoms with E-state index in [1.54, 1.807) is 13.2 Å². The van der Waals surface area contributed by atoms with E-state index >= 15 is 4.39 Å². The quantitative estimate of drug-likeness (QED) is 0.131. The number of aromatic nitrogens is 5. The molecule has 3 N–H and O–H groups in total. The maximum atomic E-state index is 15.7. The maximum absolute atomic E-state index is 15.7. The van der Waals surface area contributed by atoms with Crippen LogP contribution >= 0.6 is 0 Å². The van der Waals surface area contributed by atoms with E-state index in [9.17, 15) is 48.7 Å². The minimum absolute atomic E-state index is 0.0229. The minimum atomic E-state index is -4.86. The standard InChI is InChI=1S/C38H34F8N8O4S.C5H12OS/c1-19-4-6-24(25-7-5-21-17-59(57)54(35(56)58-11-10-47)34-29(21)31(25)53(51-34)18-38(44,45)46)30(48-19)27(14-20-12-22(39)15-23(40)13-20)49-28(55)16-52-33-26(8-9-36(33,2)41)32(50-52)37(3,42)43;1-5(2,3)7(4)6/h4-7,12-15H,8-11,16-18,47H2,1-3H3,(H,49,55);1-4H3/b27-14-;. The van der Waals surface area contributed by atoms with Crippen molar-refractivity contribution in [3.8, 4) is 11.1 Å². The van der Waals surface area contributed by atoms with Gasteiger partial charge in [-0.1, -0.05) is 18.2 Å². The molecule has 3 aromatic heterocycles. The third kappa shape index (κ3) is 10.8. The largest absolute Gasteiger partial charge is 0.447 e. The van der Waals surface area contributed by atoms with Gasteiger partial charge in [0.25, 0.3) is 5.92 Å². The first-order valence-corrected chi connectivity index (χ1v) is 23.0. The highest BCUT2D eigenvalue weighted by atomic mass is 32.2. The summed E-state index contributed by atoms with van der Waals surface area (Å²) in [6, 6.07) is 8.31. The zero-order chi connectivity index (χ0) is 48.8. The Labute approximate surface area is 378 Å². The molecule has 0 bridgehead atoms. The zero-order valence-electron chi connectivity index (χ0n) is 36.7. The van der Waals surface area contributed by atoms with Gasteiger partial charge in [0.05, 0.1) is 33.7 Å². The molecule has 5 aromatic rings. The Kier molecular flexibility index (Phi) is 14.1. The molecule has 0 fully saturated rings. The number of carbonyl (C=O) groups excluding carboxylic acids is 2. The Balaban J connectivity index is 0.000000952. The van der Waals surface area contributed by atoms with Gasteiger partial charge in [-0.25, -0.2) is 22.2 Å². The lowest BCUT2D eigenvalue weighted by molar-refractivity contribution is -0.141. The van der Waals surface area contributed by atoms with Crippen molar-refractivity contribution in [2.45, 2.75) is 95.7 Å². The van der Waals surface area contributed by atoms with Crippen molar-refractivity contribution in [1.29, 1.82) is 0 Å². The normalized spacial score (nSPS) is 17.9. The molecule has 66 heavy (non-hydrogen) atoms. The van der Waals surface area contributed by atoms with Crippen molar-refractivity contribution in [2.75, 3.05) is 23.7 Å². The Hall–Kier alpha value is -5.55. The van der Waals surface area contributed by atoms with Crippen LogP contribution in [0.5, 0.6) is 0 Å². The van der Waals surface area contributed by atoms with Gasteiger partial charge in [-0.3, -0.25) is 23.4 Å². The van der Waals surface area contributed by atoms with Crippen molar-refractivity contribution in [2.24, 2.45) is 5.73 Å². The summed E-state index contributed by atoms with van der Waals surface area (Å²) in [4.78, 5) is 31.6. The van der Waals surface area contributed by atoms with Crippen LogP contribution in [0.2, 0.25) is 0 Å². The molecule has 1 aliphatic heterocycles. The van der Waals surface area contributed by atoms with Crippen molar-refractivity contribution < 1.29 is 57.9 Å². The number of nitrogens with two attached hydrogens (primary N) is 1. The molecule has 0 saturated carbocycles. The van der Waals surface area contributed by atoms with E-state index in [2.05, 4.69) is 20.5 Å². The van der Waals surface area contributed by atoms with Crippen LogP contribution in [0.3, 0.4) is 0 Å².